The van der Waals surface area contributed by atoms with Crippen molar-refractivity contribution in [3.05, 3.63) is 12.2 Å². The fraction of sp³-hybridized carbons (Fsp3) is 0.943. The third kappa shape index (κ3) is 38.6. The molecule has 0 saturated heterocycles. The maximum Gasteiger partial charge on any atom is 1.00 e. The maximum atomic E-state index is 10.9. The van der Waals surface area contributed by atoms with Crippen LogP contribution in [0.3, 0.4) is 0 Å². The standard InChI is InChI=1S/C35H70O4S.Na/c1-3-5-7-9-11-13-15-16-17-18-19-20-21-23-25-27-29-31-33-35(34-39-40(36,37)38)32-30-28-26-24-22-14-12-10-8-6-4-2;/h30,32,35H,3-29,31,33-34H2,1-2H3,(H,36,37,38);/q;+1/p-1/b32-30+;. The van der Waals surface area contributed by atoms with Gasteiger partial charge in [0, 0.05) is 5.92 Å². The molecule has 0 aromatic carbocycles. The largest absolute Gasteiger partial charge is 1.00 e. The smallest absolute Gasteiger partial charge is 0.726 e. The van der Waals surface area contributed by atoms with Gasteiger partial charge < -0.3 is 4.55 Å². The second-order valence-corrected chi connectivity index (χ2v) is 13.3. The first-order valence-corrected chi connectivity index (χ1v) is 19.1. The summed E-state index contributed by atoms with van der Waals surface area (Å²) >= 11 is 0. The first-order chi connectivity index (χ1) is 19.5. The zero-order valence-electron chi connectivity index (χ0n) is 28.0. The zero-order chi connectivity index (χ0) is 29.4. The number of hydrogen-bond acceptors (Lipinski definition) is 4. The number of unbranched alkanes of at least 4 members (excludes halogenated alkanes) is 26. The Bertz CT molecular complexity index is 624. The normalized spacial score (nSPS) is 12.7. The Labute approximate surface area is 280 Å². The van der Waals surface area contributed by atoms with Gasteiger partial charge in [-0.2, -0.15) is 0 Å². The van der Waals surface area contributed by atoms with Gasteiger partial charge in [-0.1, -0.05) is 193 Å². The van der Waals surface area contributed by atoms with Crippen molar-refractivity contribution >= 4 is 10.4 Å². The van der Waals surface area contributed by atoms with Gasteiger partial charge in [-0.25, -0.2) is 8.42 Å². The van der Waals surface area contributed by atoms with Crippen molar-refractivity contribution in [1.82, 2.24) is 0 Å². The Morgan fingerprint density at radius 2 is 0.854 bits per heavy atom. The summed E-state index contributed by atoms with van der Waals surface area (Å²) in [5.74, 6) is 0.0170. The molecule has 0 radical (unpaired) electrons. The van der Waals surface area contributed by atoms with Crippen molar-refractivity contribution in [3.8, 4) is 0 Å². The Balaban J connectivity index is 0. The van der Waals surface area contributed by atoms with Gasteiger partial charge in [0.05, 0.1) is 6.61 Å². The van der Waals surface area contributed by atoms with Crippen LogP contribution < -0.4 is 29.6 Å². The molecule has 0 spiro atoms. The zero-order valence-corrected chi connectivity index (χ0v) is 30.8. The molecule has 0 heterocycles. The third-order valence-corrected chi connectivity index (χ3v) is 8.66. The van der Waals surface area contributed by atoms with E-state index in [9.17, 15) is 13.0 Å². The Hall–Kier alpha value is 0.610. The minimum atomic E-state index is -4.62. The van der Waals surface area contributed by atoms with Crippen LogP contribution in [-0.2, 0) is 14.6 Å². The molecule has 6 heteroatoms. The van der Waals surface area contributed by atoms with Gasteiger partial charge in [0.2, 0.25) is 10.4 Å². The quantitative estimate of drug-likeness (QED) is 0.0245. The van der Waals surface area contributed by atoms with Crippen LogP contribution in [0, 0.1) is 5.92 Å². The predicted octanol–water partition coefficient (Wildman–Crippen LogP) is 8.99. The number of allylic oxidation sites excluding steroid dienone is 1. The van der Waals surface area contributed by atoms with Crippen LogP contribution in [0.5, 0.6) is 0 Å². The molecular formula is C35H69NaO4S. The average molecular weight is 609 g/mol. The van der Waals surface area contributed by atoms with E-state index in [-0.39, 0.29) is 42.1 Å². The van der Waals surface area contributed by atoms with E-state index in [4.69, 9.17) is 0 Å². The molecule has 0 aromatic heterocycles. The van der Waals surface area contributed by atoms with Crippen LogP contribution in [0.25, 0.3) is 0 Å². The summed E-state index contributed by atoms with van der Waals surface area (Å²) in [5, 5.41) is 0. The summed E-state index contributed by atoms with van der Waals surface area (Å²) in [6.07, 6.45) is 42.4. The van der Waals surface area contributed by atoms with Crippen molar-refractivity contribution in [3.63, 3.8) is 0 Å². The first-order valence-electron chi connectivity index (χ1n) is 17.8. The molecule has 1 unspecified atom stereocenters. The molecule has 0 aliphatic carbocycles. The maximum absolute atomic E-state index is 10.9. The Morgan fingerprint density at radius 3 is 1.20 bits per heavy atom. The van der Waals surface area contributed by atoms with Crippen LogP contribution in [0.1, 0.15) is 200 Å². The fourth-order valence-electron chi connectivity index (χ4n) is 5.58. The van der Waals surface area contributed by atoms with Gasteiger partial charge in [-0.3, -0.25) is 4.18 Å². The van der Waals surface area contributed by atoms with E-state index < -0.39 is 10.4 Å². The molecule has 0 bridgehead atoms. The molecule has 240 valence electrons. The summed E-state index contributed by atoms with van der Waals surface area (Å²) in [4.78, 5) is 0. The molecule has 41 heavy (non-hydrogen) atoms. The van der Waals surface area contributed by atoms with Crippen molar-refractivity contribution in [2.75, 3.05) is 6.61 Å². The summed E-state index contributed by atoms with van der Waals surface area (Å²) in [6.45, 7) is 4.52. The van der Waals surface area contributed by atoms with Crippen molar-refractivity contribution in [1.29, 1.82) is 0 Å². The van der Waals surface area contributed by atoms with Crippen LogP contribution in [0.2, 0.25) is 0 Å². The summed E-state index contributed by atoms with van der Waals surface area (Å²) in [5.41, 5.74) is 0. The fourth-order valence-corrected chi connectivity index (χ4v) is 5.92. The van der Waals surface area contributed by atoms with E-state index in [1.807, 2.05) is 0 Å². The van der Waals surface area contributed by atoms with Crippen molar-refractivity contribution in [2.24, 2.45) is 5.92 Å². The minimum absolute atomic E-state index is 0. The van der Waals surface area contributed by atoms with Crippen molar-refractivity contribution < 1.29 is 46.7 Å². The van der Waals surface area contributed by atoms with Gasteiger partial charge >= 0.3 is 29.6 Å². The number of rotatable bonds is 33. The van der Waals surface area contributed by atoms with Crippen LogP contribution in [0.15, 0.2) is 12.2 Å². The predicted molar refractivity (Wildman–Crippen MR) is 174 cm³/mol. The van der Waals surface area contributed by atoms with E-state index in [2.05, 4.69) is 30.2 Å². The molecule has 0 amide bonds. The third-order valence-electron chi connectivity index (χ3n) is 8.24. The van der Waals surface area contributed by atoms with E-state index >= 15 is 0 Å². The molecule has 0 aliphatic rings. The molecule has 4 nitrogen and oxygen atoms in total. The molecular weight excluding hydrogens is 539 g/mol. The molecule has 0 N–H and O–H groups in total. The molecule has 0 aromatic rings. The van der Waals surface area contributed by atoms with E-state index in [0.717, 1.165) is 19.3 Å². The van der Waals surface area contributed by atoms with E-state index in [1.54, 1.807) is 0 Å². The Kier molecular flexibility index (Phi) is 37.4. The minimum Gasteiger partial charge on any atom is -0.726 e. The molecule has 1 atom stereocenters. The second kappa shape index (κ2) is 35.1. The van der Waals surface area contributed by atoms with E-state index in [0.29, 0.717) is 0 Å². The van der Waals surface area contributed by atoms with Gasteiger partial charge in [0.25, 0.3) is 0 Å². The number of hydrogen-bond donors (Lipinski definition) is 0. The van der Waals surface area contributed by atoms with Gasteiger partial charge in [-0.05, 0) is 19.3 Å². The summed E-state index contributed by atoms with van der Waals surface area (Å²) < 4.78 is 37.4. The second-order valence-electron chi connectivity index (χ2n) is 12.3. The van der Waals surface area contributed by atoms with Crippen LogP contribution in [-0.4, -0.2) is 19.6 Å². The summed E-state index contributed by atoms with van der Waals surface area (Å²) in [7, 11) is -4.62. The van der Waals surface area contributed by atoms with Gasteiger partial charge in [0.15, 0.2) is 0 Å². The van der Waals surface area contributed by atoms with Crippen LogP contribution >= 0.6 is 0 Å². The molecule has 0 rings (SSSR count). The Morgan fingerprint density at radius 1 is 0.537 bits per heavy atom. The topological polar surface area (TPSA) is 66.4 Å². The van der Waals surface area contributed by atoms with Gasteiger partial charge in [0.1, 0.15) is 0 Å². The SMILES string of the molecule is CCCCCCCCCCC/C=C/C(CCCCCCCCCCCCCCCCCCCC)COS(=O)(=O)[O-].[Na+]. The molecule has 0 aliphatic heterocycles. The van der Waals surface area contributed by atoms with Crippen LogP contribution in [0.4, 0.5) is 0 Å². The first kappa shape index (κ1) is 43.7. The van der Waals surface area contributed by atoms with Gasteiger partial charge in [-0.15, -0.1) is 0 Å². The molecule has 0 fully saturated rings. The molecule has 0 saturated carbocycles. The monoisotopic (exact) mass is 608 g/mol. The van der Waals surface area contributed by atoms with E-state index in [1.165, 1.54) is 167 Å². The van der Waals surface area contributed by atoms with Crippen molar-refractivity contribution in [2.45, 2.75) is 200 Å². The summed E-state index contributed by atoms with van der Waals surface area (Å²) in [6, 6.07) is 0. The average Bonchev–Trinajstić information content (AvgIpc) is 2.93.